The molecule has 0 radical (unpaired) electrons. The smallest absolute Gasteiger partial charge is 0.143 e. The zero-order chi connectivity index (χ0) is 36.8. The number of hydrogen-bond acceptors (Lipinski definition) is 6. The SMILES string of the molecule is CCS[C@@H]1O[C@H](COC(c2ccccc2)(c2ccccc2)c2ccccc2)[C@@H](OCc2ccccc2)[C@H](OCc2ccccc2)[C@H]1OCc1ccccc1. The summed E-state index contributed by atoms with van der Waals surface area (Å²) in [5, 5.41) is 0. The van der Waals surface area contributed by atoms with Crippen LogP contribution in [0.2, 0.25) is 0 Å². The molecule has 5 atom stereocenters. The first-order valence-corrected chi connectivity index (χ1v) is 19.8. The van der Waals surface area contributed by atoms with E-state index in [-0.39, 0.29) is 12.0 Å². The van der Waals surface area contributed by atoms with Crippen molar-refractivity contribution in [2.45, 2.75) is 62.2 Å². The Morgan fingerprint density at radius 3 is 1.20 bits per heavy atom. The summed E-state index contributed by atoms with van der Waals surface area (Å²) in [5.41, 5.74) is 5.07. The van der Waals surface area contributed by atoms with Crippen LogP contribution in [0.25, 0.3) is 0 Å². The van der Waals surface area contributed by atoms with E-state index in [9.17, 15) is 0 Å². The van der Waals surface area contributed by atoms with E-state index in [1.165, 1.54) is 0 Å². The molecule has 0 N–H and O–H groups in total. The number of ether oxygens (including phenoxy) is 5. The van der Waals surface area contributed by atoms with Crippen LogP contribution in [0.15, 0.2) is 182 Å². The molecular weight excluding hydrogens is 689 g/mol. The Labute approximate surface area is 324 Å². The summed E-state index contributed by atoms with van der Waals surface area (Å²) in [5.74, 6) is 0.840. The van der Waals surface area contributed by atoms with E-state index in [1.807, 2.05) is 72.8 Å². The second-order valence-corrected chi connectivity index (χ2v) is 14.7. The highest BCUT2D eigenvalue weighted by Crippen LogP contribution is 2.42. The largest absolute Gasteiger partial charge is 0.368 e. The van der Waals surface area contributed by atoms with Gasteiger partial charge in [0.25, 0.3) is 0 Å². The predicted molar refractivity (Wildman–Crippen MR) is 217 cm³/mol. The highest BCUT2D eigenvalue weighted by molar-refractivity contribution is 7.99. The standard InChI is InChI=1S/C48H48O5S/c1-2-54-47-46(51-35-39-25-13-5-14-26-39)45(50-34-38-23-11-4-12-24-38)44(49-33-37-21-9-3-10-22-37)43(53-47)36-52-48(40-27-15-6-16-28-40,41-29-17-7-18-30-41)42-31-19-8-20-32-42/h3-32,43-47H,2,33-36H2,1H3/t43-,44-,45+,46-,47+/m1/s1. The summed E-state index contributed by atoms with van der Waals surface area (Å²) in [6.45, 7) is 3.59. The van der Waals surface area contributed by atoms with Gasteiger partial charge in [0.1, 0.15) is 35.5 Å². The van der Waals surface area contributed by atoms with Crippen molar-refractivity contribution in [1.82, 2.24) is 0 Å². The van der Waals surface area contributed by atoms with Gasteiger partial charge in [-0.15, -0.1) is 11.8 Å². The van der Waals surface area contributed by atoms with Crippen molar-refractivity contribution in [3.8, 4) is 0 Å². The van der Waals surface area contributed by atoms with Crippen molar-refractivity contribution < 1.29 is 23.7 Å². The normalized spacial score (nSPS) is 20.1. The molecule has 276 valence electrons. The van der Waals surface area contributed by atoms with Gasteiger partial charge in [0, 0.05) is 0 Å². The molecule has 0 amide bonds. The molecule has 0 saturated carbocycles. The molecule has 5 nitrogen and oxygen atoms in total. The van der Waals surface area contributed by atoms with Gasteiger partial charge in [0.05, 0.1) is 26.4 Å². The molecule has 0 aliphatic carbocycles. The maximum absolute atomic E-state index is 7.40. The van der Waals surface area contributed by atoms with Gasteiger partial charge in [0.2, 0.25) is 0 Å². The highest BCUT2D eigenvalue weighted by atomic mass is 32.2. The molecule has 6 aromatic rings. The van der Waals surface area contributed by atoms with Crippen molar-refractivity contribution in [3.05, 3.63) is 215 Å². The van der Waals surface area contributed by atoms with E-state index >= 15 is 0 Å². The van der Waals surface area contributed by atoms with E-state index in [4.69, 9.17) is 23.7 Å². The van der Waals surface area contributed by atoms with Crippen LogP contribution in [0, 0.1) is 0 Å². The number of benzene rings is 6. The lowest BCUT2D eigenvalue weighted by Gasteiger charge is -2.47. The Balaban J connectivity index is 1.28. The van der Waals surface area contributed by atoms with E-state index in [0.717, 1.165) is 39.1 Å². The molecular formula is C48H48O5S. The maximum Gasteiger partial charge on any atom is 0.143 e. The molecule has 1 fully saturated rings. The molecule has 1 heterocycles. The Morgan fingerprint density at radius 1 is 0.463 bits per heavy atom. The summed E-state index contributed by atoms with van der Waals surface area (Å²) in [4.78, 5) is 0. The van der Waals surface area contributed by atoms with Crippen LogP contribution in [-0.2, 0) is 49.1 Å². The molecule has 0 unspecified atom stereocenters. The Bertz CT molecular complexity index is 1830. The van der Waals surface area contributed by atoms with Gasteiger partial charge in [-0.1, -0.05) is 189 Å². The summed E-state index contributed by atoms with van der Waals surface area (Å²) in [7, 11) is 0. The first kappa shape index (κ1) is 37.8. The van der Waals surface area contributed by atoms with Gasteiger partial charge < -0.3 is 23.7 Å². The summed E-state index contributed by atoms with van der Waals surface area (Å²) in [6, 6.07) is 62.2. The van der Waals surface area contributed by atoms with Gasteiger partial charge in [-0.2, -0.15) is 0 Å². The number of rotatable bonds is 17. The monoisotopic (exact) mass is 736 g/mol. The predicted octanol–water partition coefficient (Wildman–Crippen LogP) is 10.2. The first-order valence-electron chi connectivity index (χ1n) is 18.8. The highest BCUT2D eigenvalue weighted by Gasteiger charge is 2.50. The van der Waals surface area contributed by atoms with E-state index < -0.39 is 30.0 Å². The van der Waals surface area contributed by atoms with Crippen molar-refractivity contribution in [1.29, 1.82) is 0 Å². The second-order valence-electron chi connectivity index (χ2n) is 13.4. The fourth-order valence-corrected chi connectivity index (χ4v) is 8.13. The van der Waals surface area contributed by atoms with Crippen molar-refractivity contribution in [2.24, 2.45) is 0 Å². The van der Waals surface area contributed by atoms with E-state index in [1.54, 1.807) is 11.8 Å². The topological polar surface area (TPSA) is 46.2 Å². The molecule has 7 rings (SSSR count). The fraction of sp³-hybridized carbons (Fsp3) is 0.250. The second kappa shape index (κ2) is 19.2. The fourth-order valence-electron chi connectivity index (χ4n) is 7.15. The van der Waals surface area contributed by atoms with Crippen LogP contribution in [0.1, 0.15) is 40.3 Å². The van der Waals surface area contributed by atoms with E-state index in [2.05, 4.69) is 116 Å². The van der Waals surface area contributed by atoms with Crippen LogP contribution in [-0.4, -0.2) is 42.2 Å². The molecule has 1 aliphatic rings. The molecule has 0 aromatic heterocycles. The minimum Gasteiger partial charge on any atom is -0.368 e. The van der Waals surface area contributed by atoms with Gasteiger partial charge in [-0.05, 0) is 39.1 Å². The quantitative estimate of drug-likeness (QED) is 0.0869. The zero-order valence-corrected chi connectivity index (χ0v) is 31.5. The molecule has 54 heavy (non-hydrogen) atoms. The Morgan fingerprint density at radius 2 is 0.815 bits per heavy atom. The number of thioether (sulfide) groups is 1. The third-order valence-corrected chi connectivity index (χ3v) is 10.8. The Hall–Kier alpha value is -4.53. The molecule has 1 aliphatic heterocycles. The van der Waals surface area contributed by atoms with Crippen LogP contribution in [0.4, 0.5) is 0 Å². The van der Waals surface area contributed by atoms with Crippen LogP contribution >= 0.6 is 11.8 Å². The lowest BCUT2D eigenvalue weighted by Crippen LogP contribution is -2.60. The van der Waals surface area contributed by atoms with Crippen LogP contribution in [0.5, 0.6) is 0 Å². The average molecular weight is 737 g/mol. The minimum atomic E-state index is -0.925. The lowest BCUT2D eigenvalue weighted by atomic mass is 9.80. The van der Waals surface area contributed by atoms with Gasteiger partial charge in [-0.3, -0.25) is 0 Å². The summed E-state index contributed by atoms with van der Waals surface area (Å²) < 4.78 is 35.3. The molecule has 0 bridgehead atoms. The first-order chi connectivity index (χ1) is 26.7. The lowest BCUT2D eigenvalue weighted by molar-refractivity contribution is -0.258. The van der Waals surface area contributed by atoms with Gasteiger partial charge >= 0.3 is 0 Å². The number of hydrogen-bond donors (Lipinski definition) is 0. The maximum atomic E-state index is 7.40. The van der Waals surface area contributed by atoms with E-state index in [0.29, 0.717) is 19.8 Å². The third-order valence-electron chi connectivity index (χ3n) is 9.78. The van der Waals surface area contributed by atoms with Crippen LogP contribution in [0.3, 0.4) is 0 Å². The zero-order valence-electron chi connectivity index (χ0n) is 30.7. The summed E-state index contributed by atoms with van der Waals surface area (Å²) >= 11 is 1.73. The third kappa shape index (κ3) is 9.22. The van der Waals surface area contributed by atoms with Crippen LogP contribution < -0.4 is 0 Å². The van der Waals surface area contributed by atoms with Gasteiger partial charge in [0.15, 0.2) is 0 Å². The van der Waals surface area contributed by atoms with Crippen molar-refractivity contribution in [3.63, 3.8) is 0 Å². The average Bonchev–Trinajstić information content (AvgIpc) is 3.24. The van der Waals surface area contributed by atoms with Crippen molar-refractivity contribution in [2.75, 3.05) is 12.4 Å². The minimum absolute atomic E-state index is 0.232. The molecule has 6 aromatic carbocycles. The summed E-state index contributed by atoms with van der Waals surface area (Å²) in [6.07, 6.45) is -1.91. The molecule has 6 heteroatoms. The Kier molecular flexibility index (Phi) is 13.4. The molecule has 0 spiro atoms. The van der Waals surface area contributed by atoms with Crippen molar-refractivity contribution >= 4 is 11.8 Å². The van der Waals surface area contributed by atoms with Gasteiger partial charge in [-0.25, -0.2) is 0 Å². The molecule has 1 saturated heterocycles.